The average Bonchev–Trinajstić information content (AvgIpc) is 3.20. The van der Waals surface area contributed by atoms with Crippen molar-refractivity contribution in [3.8, 4) is 0 Å². The van der Waals surface area contributed by atoms with Crippen molar-refractivity contribution in [1.29, 1.82) is 0 Å². The van der Waals surface area contributed by atoms with E-state index in [9.17, 15) is 9.59 Å². The number of benzene rings is 1. The SMILES string of the molecule is CCOCCCN1C(=O)C(c2ccc(Cl)cc2Cl)=C(N2CCCC2)C1=O. The lowest BCUT2D eigenvalue weighted by molar-refractivity contribution is -0.137. The van der Waals surface area contributed by atoms with E-state index in [0.29, 0.717) is 53.1 Å². The second kappa shape index (κ2) is 8.42. The summed E-state index contributed by atoms with van der Waals surface area (Å²) >= 11 is 12.3. The predicted molar refractivity (Wildman–Crippen MR) is 102 cm³/mol. The third-order valence-electron chi connectivity index (χ3n) is 4.64. The van der Waals surface area contributed by atoms with Gasteiger partial charge in [-0.05, 0) is 38.3 Å². The molecule has 140 valence electrons. The largest absolute Gasteiger partial charge is 0.382 e. The number of hydrogen-bond donors (Lipinski definition) is 0. The van der Waals surface area contributed by atoms with Crippen molar-refractivity contribution in [2.45, 2.75) is 26.2 Å². The van der Waals surface area contributed by atoms with Gasteiger partial charge in [0, 0.05) is 43.4 Å². The van der Waals surface area contributed by atoms with Gasteiger partial charge in [0.2, 0.25) is 0 Å². The molecule has 0 N–H and O–H groups in total. The number of ether oxygens (including phenoxy) is 1. The fraction of sp³-hybridized carbons (Fsp3) is 0.474. The molecule has 2 aliphatic rings. The molecule has 1 fully saturated rings. The molecule has 0 spiro atoms. The summed E-state index contributed by atoms with van der Waals surface area (Å²) in [6.45, 7) is 4.93. The van der Waals surface area contributed by atoms with Crippen LogP contribution >= 0.6 is 23.2 Å². The van der Waals surface area contributed by atoms with E-state index in [1.54, 1.807) is 18.2 Å². The summed E-state index contributed by atoms with van der Waals surface area (Å²) in [5, 5.41) is 0.869. The van der Waals surface area contributed by atoms with Gasteiger partial charge in [-0.3, -0.25) is 14.5 Å². The Labute approximate surface area is 163 Å². The van der Waals surface area contributed by atoms with Crippen molar-refractivity contribution in [2.24, 2.45) is 0 Å². The quantitative estimate of drug-likeness (QED) is 0.521. The highest BCUT2D eigenvalue weighted by molar-refractivity contribution is 6.41. The molecule has 3 rings (SSSR count). The minimum Gasteiger partial charge on any atom is -0.382 e. The topological polar surface area (TPSA) is 49.9 Å². The van der Waals surface area contributed by atoms with Crippen LogP contribution in [0.1, 0.15) is 31.7 Å². The molecule has 1 saturated heterocycles. The van der Waals surface area contributed by atoms with Crippen molar-refractivity contribution >= 4 is 40.6 Å². The van der Waals surface area contributed by atoms with E-state index >= 15 is 0 Å². The minimum atomic E-state index is -0.294. The highest BCUT2D eigenvalue weighted by Crippen LogP contribution is 2.37. The molecule has 2 amide bonds. The van der Waals surface area contributed by atoms with Gasteiger partial charge < -0.3 is 9.64 Å². The summed E-state index contributed by atoms with van der Waals surface area (Å²) in [5.74, 6) is -0.535. The lowest BCUT2D eigenvalue weighted by atomic mass is 10.0. The Morgan fingerprint density at radius 3 is 2.50 bits per heavy atom. The zero-order valence-electron chi connectivity index (χ0n) is 14.8. The maximum atomic E-state index is 13.1. The van der Waals surface area contributed by atoms with Crippen LogP contribution in [-0.4, -0.2) is 54.5 Å². The van der Waals surface area contributed by atoms with E-state index in [2.05, 4.69) is 0 Å². The van der Waals surface area contributed by atoms with Gasteiger partial charge in [0.15, 0.2) is 0 Å². The molecule has 7 heteroatoms. The first-order valence-corrected chi connectivity index (χ1v) is 9.68. The second-order valence-corrected chi connectivity index (χ2v) is 7.20. The number of carbonyl (C=O) groups excluding carboxylic acids is 2. The fourth-order valence-corrected chi connectivity index (χ4v) is 3.91. The van der Waals surface area contributed by atoms with E-state index in [1.807, 2.05) is 11.8 Å². The fourth-order valence-electron chi connectivity index (χ4n) is 3.40. The summed E-state index contributed by atoms with van der Waals surface area (Å²) in [7, 11) is 0. The van der Waals surface area contributed by atoms with Crippen molar-refractivity contribution in [2.75, 3.05) is 32.8 Å². The van der Waals surface area contributed by atoms with Gasteiger partial charge in [0.1, 0.15) is 5.70 Å². The van der Waals surface area contributed by atoms with Crippen molar-refractivity contribution in [3.05, 3.63) is 39.5 Å². The molecule has 0 saturated carbocycles. The number of halogens is 2. The monoisotopic (exact) mass is 396 g/mol. The normalized spacial score (nSPS) is 17.8. The van der Waals surface area contributed by atoms with Crippen LogP contribution in [0.4, 0.5) is 0 Å². The summed E-state index contributed by atoms with van der Waals surface area (Å²) in [4.78, 5) is 29.4. The molecule has 2 aliphatic heterocycles. The molecule has 0 unspecified atom stereocenters. The molecule has 0 bridgehead atoms. The van der Waals surface area contributed by atoms with E-state index < -0.39 is 0 Å². The van der Waals surface area contributed by atoms with Gasteiger partial charge in [0.25, 0.3) is 11.8 Å². The molecule has 1 aromatic rings. The first-order valence-electron chi connectivity index (χ1n) is 8.93. The van der Waals surface area contributed by atoms with E-state index in [0.717, 1.165) is 25.9 Å². The highest BCUT2D eigenvalue weighted by Gasteiger charge is 2.42. The Balaban J connectivity index is 1.95. The zero-order valence-corrected chi connectivity index (χ0v) is 16.3. The third kappa shape index (κ3) is 3.75. The molecule has 2 heterocycles. The van der Waals surface area contributed by atoms with Crippen LogP contribution in [0.2, 0.25) is 10.0 Å². The smallest absolute Gasteiger partial charge is 0.277 e. The lowest BCUT2D eigenvalue weighted by Gasteiger charge is -2.20. The zero-order chi connectivity index (χ0) is 18.7. The lowest BCUT2D eigenvalue weighted by Crippen LogP contribution is -2.35. The molecular weight excluding hydrogens is 375 g/mol. The number of nitrogens with zero attached hydrogens (tertiary/aromatic N) is 2. The first-order chi connectivity index (χ1) is 12.5. The number of hydrogen-bond acceptors (Lipinski definition) is 4. The maximum Gasteiger partial charge on any atom is 0.277 e. The molecule has 0 radical (unpaired) electrons. The van der Waals surface area contributed by atoms with Gasteiger partial charge in [-0.25, -0.2) is 0 Å². The predicted octanol–water partition coefficient (Wildman–Crippen LogP) is 3.60. The number of amides is 2. The molecule has 0 atom stereocenters. The van der Waals surface area contributed by atoms with Gasteiger partial charge >= 0.3 is 0 Å². The van der Waals surface area contributed by atoms with Crippen LogP contribution < -0.4 is 0 Å². The third-order valence-corrected chi connectivity index (χ3v) is 5.19. The Hall–Kier alpha value is -1.56. The molecule has 0 aliphatic carbocycles. The summed E-state index contributed by atoms with van der Waals surface area (Å²) in [5.41, 5.74) is 1.41. The van der Waals surface area contributed by atoms with Crippen molar-refractivity contribution in [3.63, 3.8) is 0 Å². The summed E-state index contributed by atoms with van der Waals surface area (Å²) in [6.07, 6.45) is 2.63. The summed E-state index contributed by atoms with van der Waals surface area (Å²) in [6, 6.07) is 5.00. The molecule has 5 nitrogen and oxygen atoms in total. The average molecular weight is 397 g/mol. The summed E-state index contributed by atoms with van der Waals surface area (Å²) < 4.78 is 5.33. The number of carbonyl (C=O) groups is 2. The van der Waals surface area contributed by atoms with Crippen LogP contribution in [0.5, 0.6) is 0 Å². The number of imide groups is 1. The Bertz CT molecular complexity index is 742. The first kappa shape index (κ1) is 19.2. The Morgan fingerprint density at radius 1 is 1.12 bits per heavy atom. The number of rotatable bonds is 7. The van der Waals surface area contributed by atoms with Gasteiger partial charge in [-0.1, -0.05) is 29.3 Å². The standard InChI is InChI=1S/C19H22Cl2N2O3/c1-2-26-11-5-10-23-18(24)16(14-7-6-13(20)12-15(14)21)17(19(23)25)22-8-3-4-9-22/h6-7,12H,2-5,8-11H2,1H3. The van der Waals surface area contributed by atoms with Crippen LogP contribution in [-0.2, 0) is 14.3 Å². The van der Waals surface area contributed by atoms with Crippen LogP contribution in [0, 0.1) is 0 Å². The Kier molecular flexibility index (Phi) is 6.22. The van der Waals surface area contributed by atoms with Gasteiger partial charge in [-0.15, -0.1) is 0 Å². The molecule has 0 aromatic heterocycles. The van der Waals surface area contributed by atoms with Crippen LogP contribution in [0.3, 0.4) is 0 Å². The maximum absolute atomic E-state index is 13.1. The van der Waals surface area contributed by atoms with E-state index in [-0.39, 0.29) is 11.8 Å². The number of likely N-dealkylation sites (tertiary alicyclic amines) is 1. The molecule has 26 heavy (non-hydrogen) atoms. The Morgan fingerprint density at radius 2 is 1.85 bits per heavy atom. The molecular formula is C19H22Cl2N2O3. The van der Waals surface area contributed by atoms with E-state index in [4.69, 9.17) is 27.9 Å². The van der Waals surface area contributed by atoms with E-state index in [1.165, 1.54) is 4.90 Å². The van der Waals surface area contributed by atoms with Crippen molar-refractivity contribution in [1.82, 2.24) is 9.80 Å². The minimum absolute atomic E-state index is 0.241. The van der Waals surface area contributed by atoms with Crippen molar-refractivity contribution < 1.29 is 14.3 Å². The highest BCUT2D eigenvalue weighted by atomic mass is 35.5. The van der Waals surface area contributed by atoms with Crippen LogP contribution in [0.15, 0.2) is 23.9 Å². The molecule has 1 aromatic carbocycles. The van der Waals surface area contributed by atoms with Gasteiger partial charge in [0.05, 0.1) is 10.6 Å². The van der Waals surface area contributed by atoms with Crippen LogP contribution in [0.25, 0.3) is 5.57 Å². The second-order valence-electron chi connectivity index (χ2n) is 6.35. The van der Waals surface area contributed by atoms with Gasteiger partial charge in [-0.2, -0.15) is 0 Å².